The van der Waals surface area contributed by atoms with Crippen LogP contribution >= 0.6 is 21.6 Å². The molecule has 5 unspecified atom stereocenters. The minimum atomic E-state index is -0.812. The van der Waals surface area contributed by atoms with Gasteiger partial charge in [-0.15, -0.1) is 0 Å². The Balaban J connectivity index is 3.21. The summed E-state index contributed by atoms with van der Waals surface area (Å²) in [5, 5.41) is 2.91. The van der Waals surface area contributed by atoms with Crippen molar-refractivity contribution < 1.29 is 28.6 Å². The molecule has 1 N–H and O–H groups in total. The van der Waals surface area contributed by atoms with E-state index in [1.165, 1.54) is 24.6 Å². The largest absolute Gasteiger partial charge is 0.456 e. The molecule has 1 aliphatic heterocycles. The Hall–Kier alpha value is -0.930. The second-order valence-electron chi connectivity index (χ2n) is 6.29. The van der Waals surface area contributed by atoms with Gasteiger partial charge in [-0.3, -0.25) is 14.4 Å². The van der Waals surface area contributed by atoms with E-state index in [0.29, 0.717) is 6.42 Å². The topological polar surface area (TPSA) is 90.9 Å². The molecule has 1 rings (SSSR count). The molecule has 0 aromatic carbocycles. The lowest BCUT2D eigenvalue weighted by atomic mass is 9.95. The molecule has 0 bridgehead atoms. The predicted molar refractivity (Wildman–Crippen MR) is 103 cm³/mol. The van der Waals surface area contributed by atoms with Gasteiger partial charge >= 0.3 is 11.9 Å². The highest BCUT2D eigenvalue weighted by Crippen LogP contribution is 2.38. The van der Waals surface area contributed by atoms with Crippen LogP contribution in [-0.2, 0) is 28.6 Å². The van der Waals surface area contributed by atoms with Gasteiger partial charge in [-0.25, -0.2) is 0 Å². The first-order valence-electron chi connectivity index (χ1n) is 8.79. The number of amides is 1. The third-order valence-electron chi connectivity index (χ3n) is 3.77. The summed E-state index contributed by atoms with van der Waals surface area (Å²) < 4.78 is 17.0. The lowest BCUT2D eigenvalue weighted by Crippen LogP contribution is -2.64. The molecule has 0 saturated carbocycles. The van der Waals surface area contributed by atoms with Crippen LogP contribution in [0.2, 0.25) is 0 Å². The van der Waals surface area contributed by atoms with Crippen LogP contribution in [0.4, 0.5) is 0 Å². The molecule has 0 aromatic heterocycles. The molecule has 1 amide bonds. The molecule has 5 atom stereocenters. The zero-order valence-corrected chi connectivity index (χ0v) is 17.8. The number of ether oxygens (including phenoxy) is 3. The summed E-state index contributed by atoms with van der Waals surface area (Å²) in [5.74, 6) is -0.553. The van der Waals surface area contributed by atoms with Gasteiger partial charge in [0.2, 0.25) is 5.91 Å². The lowest BCUT2D eigenvalue weighted by molar-refractivity contribution is -0.204. The Bertz CT molecular complexity index is 502. The van der Waals surface area contributed by atoms with E-state index in [0.717, 1.165) is 5.75 Å². The van der Waals surface area contributed by atoms with Crippen molar-refractivity contribution in [2.45, 2.75) is 77.8 Å². The van der Waals surface area contributed by atoms with Crippen molar-refractivity contribution in [2.75, 3.05) is 5.75 Å². The smallest absolute Gasteiger partial charge is 0.303 e. The van der Waals surface area contributed by atoms with Crippen LogP contribution in [0.5, 0.6) is 0 Å². The summed E-state index contributed by atoms with van der Waals surface area (Å²) in [6.07, 6.45) is -1.44. The molecule has 150 valence electrons. The van der Waals surface area contributed by atoms with Crippen molar-refractivity contribution in [3.8, 4) is 0 Å². The van der Waals surface area contributed by atoms with Crippen LogP contribution in [0.25, 0.3) is 0 Å². The zero-order valence-electron chi connectivity index (χ0n) is 16.1. The highest BCUT2D eigenvalue weighted by molar-refractivity contribution is 8.76. The molecule has 0 radical (unpaired) electrons. The number of hydrogen-bond donors (Lipinski definition) is 1. The number of carbonyl (C=O) groups excluding carboxylic acids is 3. The highest BCUT2D eigenvalue weighted by Gasteiger charge is 2.50. The van der Waals surface area contributed by atoms with Crippen LogP contribution < -0.4 is 5.32 Å². The molecule has 26 heavy (non-hydrogen) atoms. The summed E-state index contributed by atoms with van der Waals surface area (Å²) in [6, 6.07) is -0.620. The van der Waals surface area contributed by atoms with Gasteiger partial charge in [0.25, 0.3) is 0 Å². The van der Waals surface area contributed by atoms with Gasteiger partial charge in [0.05, 0.1) is 6.10 Å². The van der Waals surface area contributed by atoms with E-state index in [1.54, 1.807) is 24.6 Å². The van der Waals surface area contributed by atoms with Crippen LogP contribution in [0.3, 0.4) is 0 Å². The first-order valence-corrected chi connectivity index (χ1v) is 11.2. The van der Waals surface area contributed by atoms with Gasteiger partial charge < -0.3 is 19.5 Å². The van der Waals surface area contributed by atoms with Crippen molar-refractivity contribution in [3.05, 3.63) is 0 Å². The molecule has 0 spiro atoms. The van der Waals surface area contributed by atoms with Gasteiger partial charge in [0.1, 0.15) is 11.5 Å². The SMILES string of the molecule is CCSSC1OC(CC)C(OC(C)=O)C(OC(C)=O)C1NC(=O)C(C)C. The Labute approximate surface area is 163 Å². The standard InChI is InChI=1S/C17H29NO6S2/c1-7-12-14(22-10(5)19)15(23-11(6)20)13(18-16(21)9(3)4)17(24-12)26-25-8-2/h9,12-15,17H,7-8H2,1-6H3,(H,18,21). The molecule has 1 aliphatic rings. The molecule has 0 aromatic rings. The van der Waals surface area contributed by atoms with Crippen LogP contribution in [0, 0.1) is 5.92 Å². The number of esters is 2. The number of carbonyl (C=O) groups is 3. The molecule has 1 fully saturated rings. The minimum absolute atomic E-state index is 0.181. The van der Waals surface area contributed by atoms with E-state index >= 15 is 0 Å². The van der Waals surface area contributed by atoms with E-state index < -0.39 is 41.7 Å². The second kappa shape index (κ2) is 11.0. The second-order valence-corrected chi connectivity index (χ2v) is 9.05. The number of nitrogens with one attached hydrogen (secondary N) is 1. The van der Waals surface area contributed by atoms with Crippen molar-refractivity contribution in [3.63, 3.8) is 0 Å². The van der Waals surface area contributed by atoms with E-state index in [2.05, 4.69) is 5.32 Å². The molecule has 7 nitrogen and oxygen atoms in total. The Morgan fingerprint density at radius 3 is 2.12 bits per heavy atom. The monoisotopic (exact) mass is 407 g/mol. The van der Waals surface area contributed by atoms with E-state index in [4.69, 9.17) is 14.2 Å². The molecule has 9 heteroatoms. The third kappa shape index (κ3) is 6.66. The Kier molecular flexibility index (Phi) is 9.81. The first-order chi connectivity index (χ1) is 12.2. The molecule has 0 aliphatic carbocycles. The van der Waals surface area contributed by atoms with E-state index in [1.807, 2.05) is 13.8 Å². The van der Waals surface area contributed by atoms with Gasteiger partial charge in [-0.2, -0.15) is 0 Å². The maximum absolute atomic E-state index is 12.3. The first kappa shape index (κ1) is 23.1. The van der Waals surface area contributed by atoms with Gasteiger partial charge in [-0.05, 0) is 6.42 Å². The summed E-state index contributed by atoms with van der Waals surface area (Å²) in [6.45, 7) is 10.1. The van der Waals surface area contributed by atoms with Gasteiger partial charge in [0.15, 0.2) is 12.2 Å². The summed E-state index contributed by atoms with van der Waals surface area (Å²) in [5.41, 5.74) is -0.427. The third-order valence-corrected chi connectivity index (χ3v) is 6.42. The van der Waals surface area contributed by atoms with Crippen LogP contribution in [-0.4, -0.2) is 53.4 Å². The fraction of sp³-hybridized carbons (Fsp3) is 0.824. The maximum atomic E-state index is 12.3. The highest BCUT2D eigenvalue weighted by atomic mass is 33.1. The summed E-state index contributed by atoms with van der Waals surface area (Å²) in [7, 11) is 3.07. The average Bonchev–Trinajstić information content (AvgIpc) is 2.55. The van der Waals surface area contributed by atoms with Crippen molar-refractivity contribution >= 4 is 39.4 Å². The van der Waals surface area contributed by atoms with Crippen molar-refractivity contribution in [1.82, 2.24) is 5.32 Å². The fourth-order valence-electron chi connectivity index (χ4n) is 2.60. The Morgan fingerprint density at radius 2 is 1.65 bits per heavy atom. The van der Waals surface area contributed by atoms with Crippen LogP contribution in [0.1, 0.15) is 48.0 Å². The lowest BCUT2D eigenvalue weighted by Gasteiger charge is -2.45. The zero-order chi connectivity index (χ0) is 19.9. The Morgan fingerprint density at radius 1 is 1.08 bits per heavy atom. The normalized spacial score (nSPS) is 28.5. The minimum Gasteiger partial charge on any atom is -0.456 e. The van der Waals surface area contributed by atoms with Crippen LogP contribution in [0.15, 0.2) is 0 Å². The summed E-state index contributed by atoms with van der Waals surface area (Å²) >= 11 is 0. The average molecular weight is 408 g/mol. The quantitative estimate of drug-likeness (QED) is 0.485. The van der Waals surface area contributed by atoms with Crippen molar-refractivity contribution in [1.29, 1.82) is 0 Å². The van der Waals surface area contributed by atoms with E-state index in [-0.39, 0.29) is 11.8 Å². The van der Waals surface area contributed by atoms with Crippen molar-refractivity contribution in [2.24, 2.45) is 5.92 Å². The summed E-state index contributed by atoms with van der Waals surface area (Å²) in [4.78, 5) is 35.6. The molecular formula is C17H29NO6S2. The maximum Gasteiger partial charge on any atom is 0.303 e. The van der Waals surface area contributed by atoms with E-state index in [9.17, 15) is 14.4 Å². The van der Waals surface area contributed by atoms with Gasteiger partial charge in [-0.1, -0.05) is 49.3 Å². The number of rotatable bonds is 8. The molecular weight excluding hydrogens is 378 g/mol. The molecule has 1 saturated heterocycles. The fourth-order valence-corrected chi connectivity index (χ4v) is 4.71. The molecule has 1 heterocycles. The predicted octanol–water partition coefficient (Wildman–Crippen LogP) is 2.53. The van der Waals surface area contributed by atoms with Gasteiger partial charge in [0, 0.05) is 25.5 Å². The number of hydrogen-bond acceptors (Lipinski definition) is 8.